The molecule has 2 N–H and O–H groups in total. The van der Waals surface area contributed by atoms with Gasteiger partial charge in [-0.25, -0.2) is 35.9 Å². The van der Waals surface area contributed by atoms with Crippen molar-refractivity contribution in [1.29, 1.82) is 0 Å². The van der Waals surface area contributed by atoms with E-state index in [0.29, 0.717) is 0 Å². The van der Waals surface area contributed by atoms with Crippen molar-refractivity contribution in [3.05, 3.63) is 76.5 Å². The lowest BCUT2D eigenvalue weighted by Crippen LogP contribution is -2.54. The zero-order valence-corrected chi connectivity index (χ0v) is 24.8. The second kappa shape index (κ2) is 11.7. The first-order chi connectivity index (χ1) is 20.8. The largest absolute Gasteiger partial charge is 0.398 e. The smallest absolute Gasteiger partial charge is 0.355 e. The highest BCUT2D eigenvalue weighted by atomic mass is 32.2. The lowest BCUT2D eigenvalue weighted by atomic mass is 10.1. The van der Waals surface area contributed by atoms with Crippen LogP contribution < -0.4 is 16.3 Å². The Labute approximate surface area is 250 Å². The molecular formula is C29H28F3N7O4S. The molecule has 5 rings (SSSR count). The van der Waals surface area contributed by atoms with Crippen LogP contribution >= 0.6 is 0 Å². The first-order valence-electron chi connectivity index (χ1n) is 13.4. The Balaban J connectivity index is 1.80. The average molecular weight is 628 g/mol. The van der Waals surface area contributed by atoms with Gasteiger partial charge in [0, 0.05) is 49.9 Å². The average Bonchev–Trinajstić information content (AvgIpc) is 2.96. The highest BCUT2D eigenvalue weighted by molar-refractivity contribution is 7.90. The van der Waals surface area contributed by atoms with Gasteiger partial charge < -0.3 is 15.5 Å². The summed E-state index contributed by atoms with van der Waals surface area (Å²) in [6, 6.07) is 5.63. The number of nitrogens with zero attached hydrogens (tertiary/aromatic N) is 6. The normalized spacial score (nSPS) is 15.8. The Morgan fingerprint density at radius 2 is 1.91 bits per heavy atom. The highest BCUT2D eigenvalue weighted by Gasteiger charge is 2.31. The van der Waals surface area contributed by atoms with Crippen LogP contribution in [0.1, 0.15) is 12.6 Å². The van der Waals surface area contributed by atoms with Crippen LogP contribution in [0.5, 0.6) is 0 Å². The number of sulfone groups is 1. The summed E-state index contributed by atoms with van der Waals surface area (Å²) in [6.07, 6.45) is 4.48. The highest BCUT2D eigenvalue weighted by Crippen LogP contribution is 2.35. The van der Waals surface area contributed by atoms with Crippen molar-refractivity contribution in [1.82, 2.24) is 24.4 Å². The van der Waals surface area contributed by atoms with Crippen molar-refractivity contribution in [2.75, 3.05) is 43.2 Å². The van der Waals surface area contributed by atoms with Crippen molar-refractivity contribution in [3.8, 4) is 16.9 Å². The molecule has 44 heavy (non-hydrogen) atoms. The molecule has 0 bridgehead atoms. The van der Waals surface area contributed by atoms with Crippen LogP contribution in [0.25, 0.3) is 28.0 Å². The van der Waals surface area contributed by atoms with Gasteiger partial charge in [-0.15, -0.1) is 0 Å². The van der Waals surface area contributed by atoms with E-state index >= 15 is 4.39 Å². The third-order valence-electron chi connectivity index (χ3n) is 7.34. The minimum atomic E-state index is -3.92. The Morgan fingerprint density at radius 3 is 2.57 bits per heavy atom. The van der Waals surface area contributed by atoms with Crippen molar-refractivity contribution in [2.24, 2.45) is 0 Å². The summed E-state index contributed by atoms with van der Waals surface area (Å²) in [5.41, 5.74) is 3.91. The number of piperazine rings is 1. The monoisotopic (exact) mass is 627 g/mol. The second-order valence-electron chi connectivity index (χ2n) is 10.3. The number of hydrogen-bond acceptors (Lipinski definition) is 9. The number of fused-ring (bicyclic) bond motifs is 1. The van der Waals surface area contributed by atoms with Gasteiger partial charge in [-0.05, 0) is 44.2 Å². The number of amides is 1. The molecule has 3 aromatic heterocycles. The minimum absolute atomic E-state index is 0.0208. The fourth-order valence-electron chi connectivity index (χ4n) is 5.32. The molecular weight excluding hydrogens is 599 g/mol. The number of pyridine rings is 2. The van der Waals surface area contributed by atoms with Crippen molar-refractivity contribution >= 4 is 38.3 Å². The molecule has 4 aromatic rings. The number of carbonyl (C=O) groups is 1. The van der Waals surface area contributed by atoms with Crippen LogP contribution in [0.2, 0.25) is 0 Å². The van der Waals surface area contributed by atoms with Crippen LogP contribution in [0.3, 0.4) is 0 Å². The molecule has 0 unspecified atom stereocenters. The second-order valence-corrected chi connectivity index (χ2v) is 12.3. The number of benzene rings is 1. The minimum Gasteiger partial charge on any atom is -0.398 e. The number of nitrogen functional groups attached to an aromatic ring is 1. The molecule has 0 radical (unpaired) electrons. The van der Waals surface area contributed by atoms with E-state index in [1.54, 1.807) is 11.8 Å². The molecule has 1 fully saturated rings. The van der Waals surface area contributed by atoms with Crippen LogP contribution in [-0.2, 0) is 14.6 Å². The van der Waals surface area contributed by atoms with Crippen LogP contribution in [0.4, 0.5) is 24.7 Å². The maximum Gasteiger partial charge on any atom is 0.355 e. The first kappa shape index (κ1) is 30.7. The molecule has 11 nitrogen and oxygen atoms in total. The third-order valence-corrected chi connectivity index (χ3v) is 8.47. The van der Waals surface area contributed by atoms with E-state index in [0.717, 1.165) is 35.1 Å². The van der Waals surface area contributed by atoms with Gasteiger partial charge in [0.05, 0.1) is 27.2 Å². The summed E-state index contributed by atoms with van der Waals surface area (Å²) in [7, 11) is -3.92. The lowest BCUT2D eigenvalue weighted by molar-refractivity contribution is -0.126. The Morgan fingerprint density at radius 1 is 1.16 bits per heavy atom. The molecule has 0 saturated carbocycles. The molecule has 15 heteroatoms. The molecule has 1 saturated heterocycles. The van der Waals surface area contributed by atoms with E-state index in [1.807, 2.05) is 0 Å². The molecule has 0 spiro atoms. The van der Waals surface area contributed by atoms with Crippen LogP contribution in [0, 0.1) is 18.6 Å². The zero-order chi connectivity index (χ0) is 31.9. The number of hydrogen-bond donors (Lipinski definition) is 1. The molecule has 4 heterocycles. The standard InChI is InChI=1S/C29H28F3N7O4S/c1-16-15-37(23(40)8-5-10-30)12-13-38(16)27-18-14-20(32)25(24-19(31)6-4-7-21(24)33)35-28(18)39(29(41)36-27)26-17(2)34-11-9-22(26)44(3,42)43/h4-9,11,14,16H,10,12-13,15,33H2,1-3H3/b8-5+/t16-/m0/s1. The number of allylic oxidation sites excluding steroid dienone is 1. The fraction of sp³-hybridized carbons (Fsp3) is 0.276. The molecule has 1 atom stereocenters. The number of nitrogens with two attached hydrogens (primary N) is 1. The summed E-state index contributed by atoms with van der Waals surface area (Å²) in [6.45, 7) is 3.01. The number of alkyl halides is 1. The summed E-state index contributed by atoms with van der Waals surface area (Å²) in [4.78, 5) is 42.1. The molecule has 230 valence electrons. The van der Waals surface area contributed by atoms with Crippen LogP contribution in [-0.4, -0.2) is 77.4 Å². The van der Waals surface area contributed by atoms with E-state index in [9.17, 15) is 26.8 Å². The van der Waals surface area contributed by atoms with Crippen molar-refractivity contribution < 1.29 is 26.4 Å². The molecule has 1 aliphatic heterocycles. The quantitative estimate of drug-likeness (QED) is 0.252. The van der Waals surface area contributed by atoms with Gasteiger partial charge in [0.25, 0.3) is 0 Å². The number of aryl methyl sites for hydroxylation is 1. The molecule has 1 aromatic carbocycles. The van der Waals surface area contributed by atoms with Gasteiger partial charge in [0.2, 0.25) is 5.91 Å². The van der Waals surface area contributed by atoms with Gasteiger partial charge in [0.15, 0.2) is 21.3 Å². The van der Waals surface area contributed by atoms with Gasteiger partial charge in [-0.3, -0.25) is 9.78 Å². The van der Waals surface area contributed by atoms with Crippen molar-refractivity contribution in [3.63, 3.8) is 0 Å². The summed E-state index contributed by atoms with van der Waals surface area (Å²) >= 11 is 0. The van der Waals surface area contributed by atoms with Crippen molar-refractivity contribution in [2.45, 2.75) is 24.8 Å². The van der Waals surface area contributed by atoms with Gasteiger partial charge in [-0.1, -0.05) is 6.07 Å². The topological polar surface area (TPSA) is 144 Å². The van der Waals surface area contributed by atoms with Gasteiger partial charge in [-0.2, -0.15) is 4.98 Å². The van der Waals surface area contributed by atoms with E-state index in [2.05, 4.69) is 15.0 Å². The SMILES string of the molecule is Cc1nccc(S(C)(=O)=O)c1-n1c(=O)nc(N2CCN(C(=O)/C=C/CF)C[C@@H]2C)c2cc(F)c(-c3c(N)cccc3F)nc21. The summed E-state index contributed by atoms with van der Waals surface area (Å²) in [5, 5.41) is 0.0208. The maximum absolute atomic E-state index is 15.9. The Bertz CT molecular complexity index is 1980. The van der Waals surface area contributed by atoms with E-state index in [-0.39, 0.29) is 69.9 Å². The first-order valence-corrected chi connectivity index (χ1v) is 15.3. The molecule has 1 aliphatic rings. The Hall–Kier alpha value is -4.79. The number of halogens is 3. The lowest BCUT2D eigenvalue weighted by Gasteiger charge is -2.40. The van der Waals surface area contributed by atoms with E-state index in [4.69, 9.17) is 5.73 Å². The number of rotatable bonds is 6. The number of carbonyl (C=O) groups excluding carboxylic acids is 1. The summed E-state index contributed by atoms with van der Waals surface area (Å²) < 4.78 is 69.9. The third kappa shape index (κ3) is 5.50. The molecule has 0 aliphatic carbocycles. The summed E-state index contributed by atoms with van der Waals surface area (Å²) in [5.74, 6) is -2.18. The maximum atomic E-state index is 15.9. The predicted molar refractivity (Wildman–Crippen MR) is 159 cm³/mol. The van der Waals surface area contributed by atoms with Gasteiger partial charge >= 0.3 is 5.69 Å². The Kier molecular flexibility index (Phi) is 8.16. The number of aromatic nitrogens is 4. The van der Waals surface area contributed by atoms with E-state index < -0.39 is 45.6 Å². The van der Waals surface area contributed by atoms with E-state index in [1.165, 1.54) is 36.2 Å². The van der Waals surface area contributed by atoms with Gasteiger partial charge in [0.1, 0.15) is 24.0 Å². The number of anilines is 2. The zero-order valence-electron chi connectivity index (χ0n) is 24.0. The van der Waals surface area contributed by atoms with Crippen LogP contribution in [0.15, 0.2) is 58.4 Å². The fourth-order valence-corrected chi connectivity index (χ4v) is 6.22. The predicted octanol–water partition coefficient (Wildman–Crippen LogP) is 2.98. The molecule has 1 amide bonds.